The summed E-state index contributed by atoms with van der Waals surface area (Å²) in [6, 6.07) is 2.73. The molecule has 0 saturated heterocycles. The Morgan fingerprint density at radius 1 is 1.23 bits per heavy atom. The lowest BCUT2D eigenvalue weighted by Gasteiger charge is -2.09. The summed E-state index contributed by atoms with van der Waals surface area (Å²) in [5, 5.41) is 10.2. The van der Waals surface area contributed by atoms with Gasteiger partial charge < -0.3 is 0 Å². The fourth-order valence-electron chi connectivity index (χ4n) is 2.49. The maximum absolute atomic E-state index is 13.0. The molecule has 3 aromatic rings. The van der Waals surface area contributed by atoms with Crippen molar-refractivity contribution in [1.29, 1.82) is 0 Å². The van der Waals surface area contributed by atoms with Crippen LogP contribution >= 0.6 is 0 Å². The Balaban J connectivity index is 1.67. The molecule has 31 heavy (non-hydrogen) atoms. The molecule has 162 valence electrons. The Morgan fingerprint density at radius 3 is 2.65 bits per heavy atom. The van der Waals surface area contributed by atoms with Crippen molar-refractivity contribution in [2.45, 2.75) is 19.8 Å². The van der Waals surface area contributed by atoms with Crippen LogP contribution in [0.4, 0.5) is 17.6 Å². The average molecular weight is 437 g/mol. The van der Waals surface area contributed by atoms with Gasteiger partial charge in [-0.2, -0.15) is 18.3 Å². The highest BCUT2D eigenvalue weighted by Crippen LogP contribution is 2.32. The molecule has 0 spiro atoms. The summed E-state index contributed by atoms with van der Waals surface area (Å²) in [5.74, 6) is -1.37. The summed E-state index contributed by atoms with van der Waals surface area (Å²) in [6.07, 6.45) is -0.0155. The lowest BCUT2D eigenvalue weighted by Crippen LogP contribution is -2.40. The molecule has 3 N–H and O–H groups in total. The molecule has 0 fully saturated rings. The smallest absolute Gasteiger partial charge is 0.282 e. The van der Waals surface area contributed by atoms with Gasteiger partial charge in [0.2, 0.25) is 0 Å². The minimum Gasteiger partial charge on any atom is -0.282 e. The highest BCUT2D eigenvalue weighted by molar-refractivity contribution is 5.97. The quantitative estimate of drug-likeness (QED) is 0.322. The van der Waals surface area contributed by atoms with Crippen molar-refractivity contribution in [2.24, 2.45) is 0 Å². The second-order valence-electron chi connectivity index (χ2n) is 6.27. The van der Waals surface area contributed by atoms with Crippen molar-refractivity contribution in [1.82, 2.24) is 35.8 Å². The van der Waals surface area contributed by atoms with Crippen molar-refractivity contribution in [2.75, 3.05) is 0 Å². The topological polar surface area (TPSA) is 118 Å². The molecule has 2 aromatic heterocycles. The fourth-order valence-corrected chi connectivity index (χ4v) is 2.49. The van der Waals surface area contributed by atoms with Crippen LogP contribution in [0.25, 0.3) is 17.6 Å². The van der Waals surface area contributed by atoms with E-state index in [4.69, 9.17) is 0 Å². The first-order valence-corrected chi connectivity index (χ1v) is 8.64. The van der Waals surface area contributed by atoms with Crippen molar-refractivity contribution >= 4 is 18.0 Å². The van der Waals surface area contributed by atoms with Gasteiger partial charge in [0.1, 0.15) is 13.0 Å². The molecule has 9 nitrogen and oxygen atoms in total. The van der Waals surface area contributed by atoms with E-state index >= 15 is 0 Å². The summed E-state index contributed by atoms with van der Waals surface area (Å²) in [4.78, 5) is 27.6. The largest absolute Gasteiger partial charge is 0.416 e. The fraction of sp³-hybridized carbons (Fsp3) is 0.167. The van der Waals surface area contributed by atoms with Crippen molar-refractivity contribution in [3.8, 4) is 11.4 Å². The summed E-state index contributed by atoms with van der Waals surface area (Å²) >= 11 is 0. The maximum Gasteiger partial charge on any atom is 0.416 e. The normalized spacial score (nSPS) is 11.6. The molecule has 0 atom stereocenters. The predicted octanol–water partition coefficient (Wildman–Crippen LogP) is 2.40. The number of aromatic amines is 1. The number of amides is 2. The third-order valence-corrected chi connectivity index (χ3v) is 3.99. The van der Waals surface area contributed by atoms with E-state index in [0.717, 1.165) is 23.2 Å². The Hall–Kier alpha value is -4.03. The van der Waals surface area contributed by atoms with E-state index in [1.807, 2.05) is 0 Å². The standard InChI is InChI=1S/C18H15F4N7O2/c1-10-14(8-24-25-10)17(31)27-26-15(30)2-3-29-9-23-16(28-29)12-4-11(7-19)5-13(6-12)18(20,21)22/h2-6,8-9H,7H2,1H3,(H,24,25)(H,26,30)(H,27,31)/b3-2-. The molecule has 0 saturated carbocycles. The number of rotatable bonds is 5. The molecule has 0 aliphatic heterocycles. The van der Waals surface area contributed by atoms with E-state index in [1.165, 1.54) is 18.5 Å². The first-order chi connectivity index (χ1) is 14.7. The third-order valence-electron chi connectivity index (χ3n) is 3.99. The van der Waals surface area contributed by atoms with Gasteiger partial charge in [-0.1, -0.05) is 0 Å². The zero-order valence-electron chi connectivity index (χ0n) is 15.9. The van der Waals surface area contributed by atoms with Gasteiger partial charge in [0.05, 0.1) is 17.3 Å². The van der Waals surface area contributed by atoms with Crippen LogP contribution in [0, 0.1) is 6.92 Å². The highest BCUT2D eigenvalue weighted by atomic mass is 19.4. The summed E-state index contributed by atoms with van der Waals surface area (Å²) in [5.41, 5.74) is 3.89. The summed E-state index contributed by atoms with van der Waals surface area (Å²) in [6.45, 7) is 0.550. The van der Waals surface area contributed by atoms with E-state index in [0.29, 0.717) is 11.8 Å². The molecule has 3 rings (SSSR count). The lowest BCUT2D eigenvalue weighted by atomic mass is 10.1. The van der Waals surface area contributed by atoms with E-state index in [9.17, 15) is 27.2 Å². The van der Waals surface area contributed by atoms with Gasteiger partial charge >= 0.3 is 6.18 Å². The van der Waals surface area contributed by atoms with E-state index in [1.54, 1.807) is 6.92 Å². The first-order valence-electron chi connectivity index (χ1n) is 8.64. The number of aryl methyl sites for hydroxylation is 1. The molecule has 0 aliphatic rings. The average Bonchev–Trinajstić information content (AvgIpc) is 3.38. The number of hydrogen-bond donors (Lipinski definition) is 3. The minimum absolute atomic E-state index is 0.0261. The maximum atomic E-state index is 13.0. The molecular formula is C18H15F4N7O2. The molecule has 0 radical (unpaired) electrons. The van der Waals surface area contributed by atoms with Crippen LogP contribution in [-0.2, 0) is 17.6 Å². The number of nitrogens with one attached hydrogen (secondary N) is 3. The summed E-state index contributed by atoms with van der Waals surface area (Å²) < 4.78 is 53.0. The van der Waals surface area contributed by atoms with Gasteiger partial charge in [0.15, 0.2) is 5.82 Å². The van der Waals surface area contributed by atoms with Crippen molar-refractivity contribution in [3.63, 3.8) is 0 Å². The van der Waals surface area contributed by atoms with E-state index in [2.05, 4.69) is 31.1 Å². The van der Waals surface area contributed by atoms with Gasteiger partial charge in [0, 0.05) is 23.5 Å². The number of carbonyl (C=O) groups is 2. The minimum atomic E-state index is -4.65. The number of carbonyl (C=O) groups excluding carboxylic acids is 2. The number of halogens is 4. The number of nitrogens with zero attached hydrogens (tertiary/aromatic N) is 4. The Kier molecular flexibility index (Phi) is 6.13. The van der Waals surface area contributed by atoms with E-state index in [-0.39, 0.29) is 22.5 Å². The number of aromatic nitrogens is 5. The van der Waals surface area contributed by atoms with Gasteiger partial charge in [-0.25, -0.2) is 14.1 Å². The molecule has 0 unspecified atom stereocenters. The number of hydrazine groups is 1. The number of alkyl halides is 4. The molecule has 2 amide bonds. The number of hydrogen-bond acceptors (Lipinski definition) is 5. The van der Waals surface area contributed by atoms with Crippen LogP contribution in [0.1, 0.15) is 27.2 Å². The second kappa shape index (κ2) is 8.77. The zero-order chi connectivity index (χ0) is 22.6. The highest BCUT2D eigenvalue weighted by Gasteiger charge is 2.31. The molecule has 0 bridgehead atoms. The SMILES string of the molecule is Cc1[nH]ncc1C(=O)NNC(=O)/C=C\n1cnc(-c2cc(CF)cc(C(F)(F)F)c2)n1. The summed E-state index contributed by atoms with van der Waals surface area (Å²) in [7, 11) is 0. The van der Waals surface area contributed by atoms with Crippen LogP contribution in [0.3, 0.4) is 0 Å². The van der Waals surface area contributed by atoms with Gasteiger partial charge in [0.25, 0.3) is 11.8 Å². The van der Waals surface area contributed by atoms with Crippen LogP contribution in [0.2, 0.25) is 0 Å². The van der Waals surface area contributed by atoms with Gasteiger partial charge in [-0.15, -0.1) is 5.10 Å². The molecule has 2 heterocycles. The Morgan fingerprint density at radius 2 is 2.00 bits per heavy atom. The third kappa shape index (κ3) is 5.32. The van der Waals surface area contributed by atoms with Gasteiger partial charge in [-0.05, 0) is 30.7 Å². The molecule has 0 aliphatic carbocycles. The molecule has 1 aromatic carbocycles. The predicted molar refractivity (Wildman–Crippen MR) is 99.5 cm³/mol. The van der Waals surface area contributed by atoms with E-state index < -0.39 is 30.2 Å². The zero-order valence-corrected chi connectivity index (χ0v) is 15.9. The molecule has 13 heteroatoms. The first kappa shape index (κ1) is 21.7. The lowest BCUT2D eigenvalue weighted by molar-refractivity contribution is -0.137. The Labute approximate surface area is 172 Å². The van der Waals surface area contributed by atoms with Crippen LogP contribution in [-0.4, -0.2) is 36.8 Å². The Bertz CT molecular complexity index is 1130. The van der Waals surface area contributed by atoms with Gasteiger partial charge in [-0.3, -0.25) is 25.5 Å². The second-order valence-corrected chi connectivity index (χ2v) is 6.27. The van der Waals surface area contributed by atoms with Crippen molar-refractivity contribution < 1.29 is 27.2 Å². The van der Waals surface area contributed by atoms with Crippen LogP contribution in [0.5, 0.6) is 0 Å². The monoisotopic (exact) mass is 437 g/mol. The van der Waals surface area contributed by atoms with Crippen LogP contribution < -0.4 is 10.9 Å². The number of benzene rings is 1. The number of H-pyrrole nitrogens is 1. The molecular weight excluding hydrogens is 422 g/mol. The van der Waals surface area contributed by atoms with Crippen molar-refractivity contribution in [3.05, 3.63) is 59.2 Å². The van der Waals surface area contributed by atoms with Crippen LogP contribution in [0.15, 0.2) is 36.8 Å².